The zero-order valence-electron chi connectivity index (χ0n) is 21.2. The van der Waals surface area contributed by atoms with Crippen molar-refractivity contribution in [3.05, 3.63) is 65.5 Å². The van der Waals surface area contributed by atoms with Crippen molar-refractivity contribution < 1.29 is 14.8 Å². The Morgan fingerprint density at radius 1 is 1.11 bits per heavy atom. The molecule has 2 atom stereocenters. The Bertz CT molecular complexity index is 1310. The van der Waals surface area contributed by atoms with Gasteiger partial charge in [0.05, 0.1) is 29.5 Å². The van der Waals surface area contributed by atoms with Crippen LogP contribution in [-0.2, 0) is 16.8 Å². The van der Waals surface area contributed by atoms with Crippen LogP contribution in [0.3, 0.4) is 0 Å². The molecule has 8 heteroatoms. The van der Waals surface area contributed by atoms with Gasteiger partial charge in [-0.15, -0.1) is 5.92 Å². The predicted octanol–water partition coefficient (Wildman–Crippen LogP) is 2.94. The Labute approximate surface area is 211 Å². The van der Waals surface area contributed by atoms with Gasteiger partial charge in [0.15, 0.2) is 0 Å². The highest BCUT2D eigenvalue weighted by molar-refractivity contribution is 5.95. The summed E-state index contributed by atoms with van der Waals surface area (Å²) in [4.78, 5) is 32.0. The lowest BCUT2D eigenvalue weighted by atomic mass is 9.95. The fourth-order valence-electron chi connectivity index (χ4n) is 4.70. The third kappa shape index (κ3) is 5.43. The smallest absolute Gasteiger partial charge is 0.251 e. The second-order valence-corrected chi connectivity index (χ2v) is 10.2. The second kappa shape index (κ2) is 10.5. The van der Waals surface area contributed by atoms with Gasteiger partial charge in [0.25, 0.3) is 5.91 Å². The summed E-state index contributed by atoms with van der Waals surface area (Å²) in [6.07, 6.45) is 0. The summed E-state index contributed by atoms with van der Waals surface area (Å²) in [5.41, 5.74) is 5.23. The van der Waals surface area contributed by atoms with Crippen LogP contribution in [0.15, 0.2) is 48.5 Å². The van der Waals surface area contributed by atoms with Crippen LogP contribution in [-0.4, -0.2) is 57.1 Å². The highest BCUT2D eigenvalue weighted by atomic mass is 16.5. The maximum absolute atomic E-state index is 13.0. The molecule has 188 valence electrons. The number of hydroxylamine groups is 1. The van der Waals surface area contributed by atoms with Crippen molar-refractivity contribution in [2.75, 3.05) is 19.6 Å². The first-order valence-electron chi connectivity index (χ1n) is 12.1. The van der Waals surface area contributed by atoms with E-state index < -0.39 is 17.9 Å². The number of hydrogen-bond donors (Lipinski definition) is 3. The molecule has 8 nitrogen and oxygen atoms in total. The van der Waals surface area contributed by atoms with E-state index in [0.717, 1.165) is 22.4 Å². The number of hydrogen-bond acceptors (Lipinski definition) is 5. The fourth-order valence-corrected chi connectivity index (χ4v) is 4.70. The number of para-hydroxylation sites is 2. The molecule has 0 aliphatic carbocycles. The van der Waals surface area contributed by atoms with Gasteiger partial charge < -0.3 is 9.88 Å². The monoisotopic (exact) mass is 487 g/mol. The van der Waals surface area contributed by atoms with Gasteiger partial charge in [0.2, 0.25) is 5.91 Å². The largest absolute Gasteiger partial charge is 0.347 e. The Kier molecular flexibility index (Phi) is 7.43. The summed E-state index contributed by atoms with van der Waals surface area (Å²) in [6, 6.07) is 15.2. The summed E-state index contributed by atoms with van der Waals surface area (Å²) in [6.45, 7) is 10.3. The molecule has 4 rings (SSSR count). The Hall–Kier alpha value is -3.67. The lowest BCUT2D eigenvalue weighted by Gasteiger charge is -2.20. The van der Waals surface area contributed by atoms with Crippen molar-refractivity contribution in [2.45, 2.75) is 45.7 Å². The van der Waals surface area contributed by atoms with E-state index in [-0.39, 0.29) is 11.3 Å². The lowest BCUT2D eigenvalue weighted by molar-refractivity contribution is -0.133. The van der Waals surface area contributed by atoms with Gasteiger partial charge >= 0.3 is 0 Å². The van der Waals surface area contributed by atoms with Crippen LogP contribution >= 0.6 is 0 Å². The van der Waals surface area contributed by atoms with E-state index in [4.69, 9.17) is 10.2 Å². The predicted molar refractivity (Wildman–Crippen MR) is 139 cm³/mol. The molecule has 0 bridgehead atoms. The number of carbonyl (C=O) groups is 2. The molecule has 0 radical (unpaired) electrons. The van der Waals surface area contributed by atoms with Crippen molar-refractivity contribution in [3.63, 3.8) is 0 Å². The molecule has 2 aromatic carbocycles. The summed E-state index contributed by atoms with van der Waals surface area (Å²) in [7, 11) is 0. The molecule has 1 saturated heterocycles. The summed E-state index contributed by atoms with van der Waals surface area (Å²) in [5, 5.41) is 12.1. The molecule has 0 saturated carbocycles. The van der Waals surface area contributed by atoms with E-state index in [1.807, 2.05) is 35.2 Å². The molecule has 2 heterocycles. The van der Waals surface area contributed by atoms with Gasteiger partial charge in [0, 0.05) is 30.6 Å². The maximum Gasteiger partial charge on any atom is 0.251 e. The molecule has 1 aromatic heterocycles. The number of nitrogens with zero attached hydrogens (tertiary/aromatic N) is 3. The molecule has 3 aromatic rings. The molecular formula is C28H33N5O3. The number of likely N-dealkylation sites (tertiary alicyclic amines) is 1. The van der Waals surface area contributed by atoms with Crippen LogP contribution in [0.2, 0.25) is 0 Å². The van der Waals surface area contributed by atoms with Crippen molar-refractivity contribution in [2.24, 2.45) is 5.92 Å². The number of carbonyl (C=O) groups excluding carboxylic acids is 2. The first-order valence-corrected chi connectivity index (χ1v) is 12.1. The van der Waals surface area contributed by atoms with Gasteiger partial charge in [-0.2, -0.15) is 0 Å². The molecule has 0 unspecified atom stereocenters. The summed E-state index contributed by atoms with van der Waals surface area (Å²) < 4.78 is 2.23. The molecule has 0 spiro atoms. The van der Waals surface area contributed by atoms with Gasteiger partial charge in [-0.3, -0.25) is 19.7 Å². The molecule has 3 N–H and O–H groups in total. The normalized spacial score (nSPS) is 18.0. The Morgan fingerprint density at radius 3 is 2.50 bits per heavy atom. The van der Waals surface area contributed by atoms with E-state index in [0.29, 0.717) is 31.7 Å². The number of amides is 2. The third-order valence-corrected chi connectivity index (χ3v) is 6.52. The zero-order valence-corrected chi connectivity index (χ0v) is 21.2. The minimum atomic E-state index is -0.553. The Morgan fingerprint density at radius 2 is 1.83 bits per heavy atom. The van der Waals surface area contributed by atoms with Crippen molar-refractivity contribution >= 4 is 22.8 Å². The summed E-state index contributed by atoms with van der Waals surface area (Å²) >= 11 is 0. The number of benzene rings is 2. The molecule has 36 heavy (non-hydrogen) atoms. The van der Waals surface area contributed by atoms with Crippen LogP contribution in [0.5, 0.6) is 0 Å². The topological polar surface area (TPSA) is 99.5 Å². The van der Waals surface area contributed by atoms with Crippen molar-refractivity contribution in [1.82, 2.24) is 25.2 Å². The Balaban J connectivity index is 1.49. The number of fused-ring (bicyclic) bond motifs is 1. The number of nitrogens with one attached hydrogen (secondary N) is 2. The van der Waals surface area contributed by atoms with Crippen molar-refractivity contribution in [1.29, 1.82) is 0 Å². The zero-order chi connectivity index (χ0) is 25.9. The highest BCUT2D eigenvalue weighted by Crippen LogP contribution is 2.27. The highest BCUT2D eigenvalue weighted by Gasteiger charge is 2.38. The van der Waals surface area contributed by atoms with Crippen LogP contribution in [0.4, 0.5) is 0 Å². The first-order chi connectivity index (χ1) is 17.2. The van der Waals surface area contributed by atoms with E-state index in [1.54, 1.807) is 24.5 Å². The third-order valence-electron chi connectivity index (χ3n) is 6.52. The van der Waals surface area contributed by atoms with Gasteiger partial charge in [-0.05, 0) is 36.8 Å². The number of aromatic nitrogens is 2. The fraction of sp³-hybridized carbons (Fsp3) is 0.393. The standard InChI is InChI=1S/C28H33N5O3/c1-5-6-15-32-17-21(26(35)31-36)23(18-32)29-25(34)20-13-11-19(12-14-20)16-33-24-10-8-7-9-22(24)30-27(33)28(2,3)4/h7-14,21,23,36H,15-18H2,1-4H3,(H,29,34)(H,31,35)/t21-,23+/m0/s1. The van der Waals surface area contributed by atoms with Crippen LogP contribution < -0.4 is 10.8 Å². The lowest BCUT2D eigenvalue weighted by Crippen LogP contribution is -2.45. The van der Waals surface area contributed by atoms with Crippen molar-refractivity contribution in [3.8, 4) is 11.8 Å². The van der Waals surface area contributed by atoms with E-state index in [9.17, 15) is 9.59 Å². The average molecular weight is 488 g/mol. The van der Waals surface area contributed by atoms with E-state index >= 15 is 0 Å². The summed E-state index contributed by atoms with van der Waals surface area (Å²) in [5.74, 6) is 5.52. The quantitative estimate of drug-likeness (QED) is 0.282. The first kappa shape index (κ1) is 25.4. The SMILES string of the molecule is CC#CCN1C[C@H](C(=O)NO)[C@H](NC(=O)c2ccc(Cn3c(C(C)(C)C)nc4ccccc43)cc2)C1. The number of imidazole rings is 1. The van der Waals surface area contributed by atoms with E-state index in [2.05, 4.69) is 48.6 Å². The van der Waals surface area contributed by atoms with Gasteiger partial charge in [-0.1, -0.05) is 51.0 Å². The molecule has 1 aliphatic heterocycles. The van der Waals surface area contributed by atoms with Gasteiger partial charge in [-0.25, -0.2) is 10.5 Å². The van der Waals surface area contributed by atoms with Crippen LogP contribution in [0.25, 0.3) is 11.0 Å². The van der Waals surface area contributed by atoms with E-state index in [1.165, 1.54) is 0 Å². The maximum atomic E-state index is 13.0. The van der Waals surface area contributed by atoms with Gasteiger partial charge in [0.1, 0.15) is 5.82 Å². The molecular weight excluding hydrogens is 454 g/mol. The average Bonchev–Trinajstić information content (AvgIpc) is 3.44. The second-order valence-electron chi connectivity index (χ2n) is 10.2. The molecule has 1 aliphatic rings. The number of rotatable bonds is 6. The molecule has 2 amide bonds. The minimum Gasteiger partial charge on any atom is -0.347 e. The molecule has 1 fully saturated rings. The minimum absolute atomic E-state index is 0.117. The van der Waals surface area contributed by atoms with Crippen LogP contribution in [0.1, 0.15) is 49.4 Å². The van der Waals surface area contributed by atoms with Crippen LogP contribution in [0, 0.1) is 17.8 Å².